The van der Waals surface area contributed by atoms with Gasteiger partial charge in [0.05, 0.1) is 19.4 Å². The molecular weight excluding hydrogens is 206 g/mol. The van der Waals surface area contributed by atoms with Crippen molar-refractivity contribution in [2.24, 2.45) is 0 Å². The van der Waals surface area contributed by atoms with Crippen molar-refractivity contribution in [3.63, 3.8) is 0 Å². The molecule has 86 valence electrons. The number of hydrogen-bond acceptors (Lipinski definition) is 4. The summed E-state index contributed by atoms with van der Waals surface area (Å²) in [6.07, 6.45) is 0.928. The first-order valence-corrected chi connectivity index (χ1v) is 5.31. The van der Waals surface area contributed by atoms with Gasteiger partial charge >= 0.3 is 5.97 Å². The van der Waals surface area contributed by atoms with Gasteiger partial charge in [0.25, 0.3) is 0 Å². The highest BCUT2D eigenvalue weighted by molar-refractivity contribution is 5.79. The van der Waals surface area contributed by atoms with Crippen LogP contribution in [0.2, 0.25) is 0 Å². The third-order valence-electron chi connectivity index (χ3n) is 2.64. The number of benzene rings is 1. The van der Waals surface area contributed by atoms with E-state index in [4.69, 9.17) is 4.74 Å². The summed E-state index contributed by atoms with van der Waals surface area (Å²) in [5.41, 5.74) is 2.04. The topological polar surface area (TPSA) is 47.6 Å². The van der Waals surface area contributed by atoms with Crippen molar-refractivity contribution in [1.29, 1.82) is 0 Å². The van der Waals surface area contributed by atoms with Crippen LogP contribution >= 0.6 is 0 Å². The second-order valence-electron chi connectivity index (χ2n) is 3.78. The largest absolute Gasteiger partial charge is 0.491 e. The van der Waals surface area contributed by atoms with Gasteiger partial charge in [-0.05, 0) is 18.6 Å². The van der Waals surface area contributed by atoms with E-state index in [1.165, 1.54) is 12.7 Å². The van der Waals surface area contributed by atoms with Crippen molar-refractivity contribution in [3.05, 3.63) is 23.8 Å². The monoisotopic (exact) mass is 221 g/mol. The number of carbonyl (C=O) groups excluding carboxylic acids is 1. The Hall–Kier alpha value is -1.71. The minimum Gasteiger partial charge on any atom is -0.491 e. The minimum absolute atomic E-state index is 0.282. The highest BCUT2D eigenvalue weighted by atomic mass is 16.5. The van der Waals surface area contributed by atoms with Gasteiger partial charge in [-0.15, -0.1) is 0 Å². The maximum absolute atomic E-state index is 11.3. The molecule has 1 heterocycles. The third kappa shape index (κ3) is 1.96. The smallest absolute Gasteiger partial charge is 0.327 e. The predicted molar refractivity (Wildman–Crippen MR) is 60.7 cm³/mol. The molecule has 1 aliphatic rings. The van der Waals surface area contributed by atoms with Crippen molar-refractivity contribution >= 4 is 11.7 Å². The van der Waals surface area contributed by atoms with Crippen LogP contribution < -0.4 is 10.1 Å². The molecule has 1 N–H and O–H groups in total. The highest BCUT2D eigenvalue weighted by Gasteiger charge is 2.19. The van der Waals surface area contributed by atoms with Crippen molar-refractivity contribution in [2.45, 2.75) is 19.4 Å². The minimum atomic E-state index is -0.374. The zero-order valence-electron chi connectivity index (χ0n) is 9.45. The summed E-state index contributed by atoms with van der Waals surface area (Å²) in [4.78, 5) is 11.3. The summed E-state index contributed by atoms with van der Waals surface area (Å²) in [5, 5.41) is 3.09. The maximum Gasteiger partial charge on any atom is 0.327 e. The highest BCUT2D eigenvalue weighted by Crippen LogP contribution is 2.33. The zero-order valence-corrected chi connectivity index (χ0v) is 9.45. The average molecular weight is 221 g/mol. The van der Waals surface area contributed by atoms with Crippen LogP contribution in [0.25, 0.3) is 0 Å². The number of ether oxygens (including phenoxy) is 2. The molecule has 2 rings (SSSR count). The van der Waals surface area contributed by atoms with Gasteiger partial charge in [0.2, 0.25) is 0 Å². The Morgan fingerprint density at radius 1 is 1.56 bits per heavy atom. The maximum atomic E-state index is 11.3. The summed E-state index contributed by atoms with van der Waals surface area (Å²) < 4.78 is 10.2. The van der Waals surface area contributed by atoms with E-state index in [1.54, 1.807) is 6.92 Å². The summed E-state index contributed by atoms with van der Waals surface area (Å²) in [6, 6.07) is 5.53. The molecule has 0 saturated carbocycles. The lowest BCUT2D eigenvalue weighted by atomic mass is 10.1. The van der Waals surface area contributed by atoms with Crippen LogP contribution in [0.3, 0.4) is 0 Å². The van der Waals surface area contributed by atoms with E-state index < -0.39 is 0 Å². The predicted octanol–water partition coefficient (Wildman–Crippen LogP) is 1.59. The molecule has 0 amide bonds. The zero-order chi connectivity index (χ0) is 11.5. The quantitative estimate of drug-likeness (QED) is 0.787. The SMILES string of the molecule is COC(=O)C(C)Nc1cccc2c1OCC2. The van der Waals surface area contributed by atoms with Crippen LogP contribution in [-0.4, -0.2) is 25.7 Å². The van der Waals surface area contributed by atoms with Crippen LogP contribution in [-0.2, 0) is 16.0 Å². The Balaban J connectivity index is 2.16. The van der Waals surface area contributed by atoms with Crippen molar-refractivity contribution in [2.75, 3.05) is 19.0 Å². The first-order valence-electron chi connectivity index (χ1n) is 5.31. The molecule has 1 unspecified atom stereocenters. The average Bonchev–Trinajstić information content (AvgIpc) is 2.77. The second-order valence-corrected chi connectivity index (χ2v) is 3.78. The number of rotatable bonds is 3. The van der Waals surface area contributed by atoms with E-state index in [1.807, 2.05) is 18.2 Å². The second kappa shape index (κ2) is 4.43. The molecule has 1 aliphatic heterocycles. The molecule has 0 aromatic heterocycles. The first-order chi connectivity index (χ1) is 7.72. The number of fused-ring (bicyclic) bond motifs is 1. The van der Waals surface area contributed by atoms with Crippen molar-refractivity contribution < 1.29 is 14.3 Å². The van der Waals surface area contributed by atoms with E-state index in [0.29, 0.717) is 6.61 Å². The van der Waals surface area contributed by atoms with Gasteiger partial charge in [0.1, 0.15) is 11.8 Å². The number of carbonyl (C=O) groups is 1. The molecule has 16 heavy (non-hydrogen) atoms. The molecule has 4 nitrogen and oxygen atoms in total. The number of esters is 1. The lowest BCUT2D eigenvalue weighted by Gasteiger charge is -2.15. The number of nitrogens with one attached hydrogen (secondary N) is 1. The molecule has 0 radical (unpaired) electrons. The fourth-order valence-electron chi connectivity index (χ4n) is 1.80. The summed E-state index contributed by atoms with van der Waals surface area (Å²) in [7, 11) is 1.38. The Labute approximate surface area is 94.6 Å². The Morgan fingerprint density at radius 2 is 2.38 bits per heavy atom. The summed E-state index contributed by atoms with van der Waals surface area (Å²) >= 11 is 0. The van der Waals surface area contributed by atoms with E-state index in [0.717, 1.165) is 17.9 Å². The van der Waals surface area contributed by atoms with Crippen LogP contribution in [0.5, 0.6) is 5.75 Å². The van der Waals surface area contributed by atoms with Crippen molar-refractivity contribution in [1.82, 2.24) is 0 Å². The third-order valence-corrected chi connectivity index (χ3v) is 2.64. The van der Waals surface area contributed by atoms with Crippen LogP contribution in [0, 0.1) is 0 Å². The van der Waals surface area contributed by atoms with Crippen LogP contribution in [0.4, 0.5) is 5.69 Å². The molecule has 0 spiro atoms. The lowest BCUT2D eigenvalue weighted by molar-refractivity contribution is -0.141. The summed E-state index contributed by atoms with van der Waals surface area (Å²) in [6.45, 7) is 2.47. The van der Waals surface area contributed by atoms with Gasteiger partial charge in [-0.1, -0.05) is 12.1 Å². The van der Waals surface area contributed by atoms with E-state index in [9.17, 15) is 4.79 Å². The van der Waals surface area contributed by atoms with E-state index in [2.05, 4.69) is 10.1 Å². The Bertz CT molecular complexity index is 403. The molecule has 0 saturated heterocycles. The fraction of sp³-hybridized carbons (Fsp3) is 0.417. The normalized spacial score (nSPS) is 14.9. The van der Waals surface area contributed by atoms with Crippen LogP contribution in [0.15, 0.2) is 18.2 Å². The molecular formula is C12H15NO3. The Kier molecular flexibility index (Phi) is 2.99. The van der Waals surface area contributed by atoms with Gasteiger partial charge in [-0.25, -0.2) is 4.79 Å². The van der Waals surface area contributed by atoms with Gasteiger partial charge in [-0.2, -0.15) is 0 Å². The lowest BCUT2D eigenvalue weighted by Crippen LogP contribution is -2.27. The number of anilines is 1. The molecule has 0 aliphatic carbocycles. The van der Waals surface area contributed by atoms with E-state index >= 15 is 0 Å². The molecule has 1 aromatic carbocycles. The first kappa shape index (κ1) is 10.8. The molecule has 1 aromatic rings. The molecule has 1 atom stereocenters. The van der Waals surface area contributed by atoms with Crippen molar-refractivity contribution in [3.8, 4) is 5.75 Å². The fourth-order valence-corrected chi connectivity index (χ4v) is 1.80. The summed E-state index contributed by atoms with van der Waals surface area (Å²) in [5.74, 6) is 0.578. The van der Waals surface area contributed by atoms with Gasteiger partial charge in [-0.3, -0.25) is 0 Å². The van der Waals surface area contributed by atoms with Crippen LogP contribution in [0.1, 0.15) is 12.5 Å². The standard InChI is InChI=1S/C12H15NO3/c1-8(12(14)15-2)13-10-5-3-4-9-6-7-16-11(9)10/h3-5,8,13H,6-7H2,1-2H3. The van der Waals surface area contributed by atoms with Gasteiger partial charge in [0, 0.05) is 6.42 Å². The number of hydrogen-bond donors (Lipinski definition) is 1. The molecule has 0 fully saturated rings. The van der Waals surface area contributed by atoms with Gasteiger partial charge in [0.15, 0.2) is 0 Å². The van der Waals surface area contributed by atoms with E-state index in [-0.39, 0.29) is 12.0 Å². The molecule has 4 heteroatoms. The number of para-hydroxylation sites is 1. The molecule has 0 bridgehead atoms. The Morgan fingerprint density at radius 3 is 3.12 bits per heavy atom. The number of methoxy groups -OCH3 is 1. The van der Waals surface area contributed by atoms with Gasteiger partial charge < -0.3 is 14.8 Å².